The lowest BCUT2D eigenvalue weighted by molar-refractivity contribution is 0.457. The first kappa shape index (κ1) is 15.9. The van der Waals surface area contributed by atoms with Gasteiger partial charge in [0.05, 0.1) is 5.02 Å². The first-order valence-corrected chi connectivity index (χ1v) is 7.51. The highest BCUT2D eigenvalue weighted by atomic mass is 35.5. The van der Waals surface area contributed by atoms with Crippen LogP contribution in [0.3, 0.4) is 0 Å². The number of benzene rings is 1. The molecule has 0 fully saturated rings. The smallest absolute Gasteiger partial charge is 0.224 e. The Balaban J connectivity index is 2.36. The Hall–Kier alpha value is -1.52. The summed E-state index contributed by atoms with van der Waals surface area (Å²) in [6, 6.07) is 6.80. The van der Waals surface area contributed by atoms with Gasteiger partial charge < -0.3 is 10.1 Å². The van der Waals surface area contributed by atoms with Crippen LogP contribution in [0, 0.1) is 0 Å². The summed E-state index contributed by atoms with van der Waals surface area (Å²) >= 11 is 12.1. The normalized spacial score (nSPS) is 10.8. The van der Waals surface area contributed by atoms with Crippen LogP contribution in [-0.4, -0.2) is 16.5 Å². The van der Waals surface area contributed by atoms with Gasteiger partial charge in [0.1, 0.15) is 17.4 Å². The SMILES string of the molecule is CCNc1cc(Oc2cc(Cl)ccc2Cl)nc(C(C)C)n1. The number of halogens is 2. The van der Waals surface area contributed by atoms with Crippen LogP contribution in [0.5, 0.6) is 11.6 Å². The Bertz CT molecular complexity index is 632. The average molecular weight is 326 g/mol. The maximum atomic E-state index is 6.11. The number of aromatic nitrogens is 2. The zero-order valence-electron chi connectivity index (χ0n) is 12.2. The molecule has 1 aromatic carbocycles. The minimum absolute atomic E-state index is 0.195. The van der Waals surface area contributed by atoms with Gasteiger partial charge in [-0.3, -0.25) is 0 Å². The molecule has 1 aromatic heterocycles. The second kappa shape index (κ2) is 6.96. The molecular formula is C15H17Cl2N3O. The van der Waals surface area contributed by atoms with E-state index in [1.807, 2.05) is 20.8 Å². The van der Waals surface area contributed by atoms with Crippen LogP contribution >= 0.6 is 23.2 Å². The van der Waals surface area contributed by atoms with E-state index < -0.39 is 0 Å². The highest BCUT2D eigenvalue weighted by molar-refractivity contribution is 6.34. The molecule has 0 spiro atoms. The zero-order chi connectivity index (χ0) is 15.4. The minimum Gasteiger partial charge on any atom is -0.437 e. The van der Waals surface area contributed by atoms with Gasteiger partial charge in [-0.1, -0.05) is 37.0 Å². The van der Waals surface area contributed by atoms with Crippen molar-refractivity contribution in [2.75, 3.05) is 11.9 Å². The third kappa shape index (κ3) is 4.22. The Morgan fingerprint density at radius 2 is 1.95 bits per heavy atom. The van der Waals surface area contributed by atoms with E-state index >= 15 is 0 Å². The molecule has 0 saturated carbocycles. The van der Waals surface area contributed by atoms with Gasteiger partial charge in [-0.25, -0.2) is 4.98 Å². The topological polar surface area (TPSA) is 47.0 Å². The first-order valence-electron chi connectivity index (χ1n) is 6.75. The molecule has 1 heterocycles. The summed E-state index contributed by atoms with van der Waals surface area (Å²) in [5.41, 5.74) is 0. The highest BCUT2D eigenvalue weighted by Gasteiger charge is 2.11. The van der Waals surface area contributed by atoms with Crippen LogP contribution in [0.4, 0.5) is 5.82 Å². The van der Waals surface area contributed by atoms with Gasteiger partial charge in [-0.05, 0) is 19.1 Å². The summed E-state index contributed by atoms with van der Waals surface area (Å²) in [6.07, 6.45) is 0. The number of nitrogens with zero attached hydrogens (tertiary/aromatic N) is 2. The van der Waals surface area contributed by atoms with Crippen LogP contribution in [0.1, 0.15) is 32.5 Å². The van der Waals surface area contributed by atoms with E-state index in [2.05, 4.69) is 15.3 Å². The van der Waals surface area contributed by atoms with Crippen LogP contribution in [-0.2, 0) is 0 Å². The molecule has 21 heavy (non-hydrogen) atoms. The van der Waals surface area contributed by atoms with E-state index in [1.54, 1.807) is 24.3 Å². The fourth-order valence-electron chi connectivity index (χ4n) is 1.69. The third-order valence-electron chi connectivity index (χ3n) is 2.70. The van der Waals surface area contributed by atoms with Crippen LogP contribution in [0.25, 0.3) is 0 Å². The number of nitrogens with one attached hydrogen (secondary N) is 1. The van der Waals surface area contributed by atoms with Crippen molar-refractivity contribution in [3.05, 3.63) is 40.1 Å². The predicted octanol–water partition coefficient (Wildman–Crippen LogP) is 5.13. The zero-order valence-corrected chi connectivity index (χ0v) is 13.7. The molecule has 0 aliphatic heterocycles. The lowest BCUT2D eigenvalue weighted by Crippen LogP contribution is -2.05. The summed E-state index contributed by atoms with van der Waals surface area (Å²) in [5.74, 6) is 2.54. The van der Waals surface area contributed by atoms with Gasteiger partial charge in [0.2, 0.25) is 5.88 Å². The lowest BCUT2D eigenvalue weighted by Gasteiger charge is -2.12. The summed E-state index contributed by atoms with van der Waals surface area (Å²) in [5, 5.41) is 4.20. The van der Waals surface area contributed by atoms with E-state index in [0.717, 1.165) is 12.4 Å². The fraction of sp³-hybridized carbons (Fsp3) is 0.333. The molecule has 0 aliphatic rings. The number of hydrogen-bond donors (Lipinski definition) is 1. The van der Waals surface area contributed by atoms with E-state index in [4.69, 9.17) is 27.9 Å². The van der Waals surface area contributed by atoms with Gasteiger partial charge in [0.15, 0.2) is 0 Å². The van der Waals surface area contributed by atoms with Crippen LogP contribution in [0.15, 0.2) is 24.3 Å². The second-order valence-electron chi connectivity index (χ2n) is 4.81. The van der Waals surface area contributed by atoms with Gasteiger partial charge >= 0.3 is 0 Å². The van der Waals surface area contributed by atoms with Crippen LogP contribution < -0.4 is 10.1 Å². The molecule has 0 atom stereocenters. The molecule has 6 heteroatoms. The molecule has 0 aliphatic carbocycles. The summed E-state index contributed by atoms with van der Waals surface area (Å²) in [4.78, 5) is 8.85. The van der Waals surface area contributed by atoms with Crippen molar-refractivity contribution >= 4 is 29.0 Å². The number of ether oxygens (including phenoxy) is 1. The summed E-state index contributed by atoms with van der Waals surface area (Å²) in [7, 11) is 0. The highest BCUT2D eigenvalue weighted by Crippen LogP contribution is 2.32. The Kier molecular flexibility index (Phi) is 5.26. The van der Waals surface area contributed by atoms with E-state index in [0.29, 0.717) is 27.5 Å². The van der Waals surface area contributed by atoms with Crippen molar-refractivity contribution in [3.8, 4) is 11.6 Å². The molecule has 0 amide bonds. The van der Waals surface area contributed by atoms with E-state index in [1.165, 1.54) is 0 Å². The molecule has 4 nitrogen and oxygen atoms in total. The van der Waals surface area contributed by atoms with Gasteiger partial charge in [-0.2, -0.15) is 4.98 Å². The molecule has 2 aromatic rings. The van der Waals surface area contributed by atoms with Crippen molar-refractivity contribution in [2.24, 2.45) is 0 Å². The molecular weight excluding hydrogens is 309 g/mol. The fourth-order valence-corrected chi connectivity index (χ4v) is 2.01. The third-order valence-corrected chi connectivity index (χ3v) is 3.25. The van der Waals surface area contributed by atoms with Crippen LogP contribution in [0.2, 0.25) is 10.0 Å². The molecule has 0 bridgehead atoms. The average Bonchev–Trinajstić information content (AvgIpc) is 2.43. The number of rotatable bonds is 5. The second-order valence-corrected chi connectivity index (χ2v) is 5.66. The van der Waals surface area contributed by atoms with Gasteiger partial charge in [0.25, 0.3) is 0 Å². The Labute approximate surface area is 134 Å². The molecule has 0 radical (unpaired) electrons. The summed E-state index contributed by atoms with van der Waals surface area (Å²) < 4.78 is 5.76. The molecule has 2 rings (SSSR count). The van der Waals surface area contributed by atoms with Crippen molar-refractivity contribution in [1.82, 2.24) is 9.97 Å². The van der Waals surface area contributed by atoms with Gasteiger partial charge in [-0.15, -0.1) is 0 Å². The van der Waals surface area contributed by atoms with Crippen molar-refractivity contribution in [1.29, 1.82) is 0 Å². The molecule has 0 unspecified atom stereocenters. The van der Waals surface area contributed by atoms with Gasteiger partial charge in [0, 0.05) is 29.6 Å². The number of hydrogen-bond acceptors (Lipinski definition) is 4. The van der Waals surface area contributed by atoms with Crippen molar-refractivity contribution < 1.29 is 4.74 Å². The Morgan fingerprint density at radius 3 is 2.62 bits per heavy atom. The standard InChI is InChI=1S/C15H17Cl2N3O/c1-4-18-13-8-14(20-15(19-13)9(2)3)21-12-7-10(16)5-6-11(12)17/h5-9H,4H2,1-3H3,(H,18,19,20). The quantitative estimate of drug-likeness (QED) is 0.827. The van der Waals surface area contributed by atoms with E-state index in [-0.39, 0.29) is 5.92 Å². The van der Waals surface area contributed by atoms with Crippen molar-refractivity contribution in [3.63, 3.8) is 0 Å². The summed E-state index contributed by atoms with van der Waals surface area (Å²) in [6.45, 7) is 6.83. The Morgan fingerprint density at radius 1 is 1.19 bits per heavy atom. The largest absolute Gasteiger partial charge is 0.437 e. The maximum absolute atomic E-state index is 6.11. The maximum Gasteiger partial charge on any atom is 0.224 e. The predicted molar refractivity (Wildman–Crippen MR) is 86.8 cm³/mol. The monoisotopic (exact) mass is 325 g/mol. The molecule has 1 N–H and O–H groups in total. The first-order chi connectivity index (χ1) is 9.99. The molecule has 0 saturated heterocycles. The lowest BCUT2D eigenvalue weighted by atomic mass is 10.2. The molecule has 112 valence electrons. The van der Waals surface area contributed by atoms with E-state index in [9.17, 15) is 0 Å². The van der Waals surface area contributed by atoms with Crippen molar-refractivity contribution in [2.45, 2.75) is 26.7 Å². The number of anilines is 1. The minimum atomic E-state index is 0.195.